The highest BCUT2D eigenvalue weighted by Crippen LogP contribution is 2.36. The summed E-state index contributed by atoms with van der Waals surface area (Å²) in [6, 6.07) is 0. The number of oxime groups is 1. The molecule has 1 saturated heterocycles. The fourth-order valence-corrected chi connectivity index (χ4v) is 3.02. The smallest absolute Gasteiger partial charge is 0.248 e. The Morgan fingerprint density at radius 3 is 2.35 bits per heavy atom. The molecule has 0 atom stereocenters. The molecule has 2 aliphatic rings. The van der Waals surface area contributed by atoms with Gasteiger partial charge >= 0.3 is 0 Å². The van der Waals surface area contributed by atoms with Gasteiger partial charge in [0, 0.05) is 26.2 Å². The first-order valence-corrected chi connectivity index (χ1v) is 7.31. The van der Waals surface area contributed by atoms with Crippen molar-refractivity contribution in [3.8, 4) is 0 Å². The van der Waals surface area contributed by atoms with E-state index < -0.39 is 5.41 Å². The van der Waals surface area contributed by atoms with Crippen LogP contribution in [0.2, 0.25) is 0 Å². The minimum atomic E-state index is -0.837. The normalized spacial score (nSPS) is 25.4. The Labute approximate surface area is 119 Å². The number of nitrogens with zero attached hydrogens (tertiary/aromatic N) is 3. The maximum atomic E-state index is 12.6. The van der Waals surface area contributed by atoms with Crippen molar-refractivity contribution >= 4 is 11.7 Å². The molecule has 0 spiro atoms. The number of rotatable bonds is 3. The molecule has 2 fully saturated rings. The van der Waals surface area contributed by atoms with Crippen LogP contribution in [0.4, 0.5) is 0 Å². The minimum absolute atomic E-state index is 0.0452. The van der Waals surface area contributed by atoms with E-state index in [9.17, 15) is 4.79 Å². The van der Waals surface area contributed by atoms with Crippen molar-refractivity contribution in [2.75, 3.05) is 33.2 Å². The number of hydrazine groups is 1. The van der Waals surface area contributed by atoms with Gasteiger partial charge in [-0.15, -0.1) is 0 Å². The molecule has 0 aromatic carbocycles. The second-order valence-electron chi connectivity index (χ2n) is 5.86. The minimum Gasteiger partial charge on any atom is -0.409 e. The van der Waals surface area contributed by atoms with Crippen LogP contribution in [0.25, 0.3) is 0 Å². The van der Waals surface area contributed by atoms with E-state index >= 15 is 0 Å². The number of hydrogen-bond donors (Lipinski definition) is 3. The average Bonchev–Trinajstić information content (AvgIpc) is 2.49. The van der Waals surface area contributed by atoms with Crippen LogP contribution in [0.15, 0.2) is 5.16 Å². The van der Waals surface area contributed by atoms with E-state index in [2.05, 4.69) is 22.5 Å². The Bertz CT molecular complexity index is 371. The molecule has 114 valence electrons. The van der Waals surface area contributed by atoms with E-state index in [1.54, 1.807) is 0 Å². The molecule has 0 aromatic rings. The number of amidine groups is 1. The SMILES string of the molecule is CN1CCN(NC(=O)C2(C(N)=NO)CCCCC2)CC1. The zero-order valence-corrected chi connectivity index (χ0v) is 12.1. The van der Waals surface area contributed by atoms with Crippen LogP contribution in [-0.2, 0) is 4.79 Å². The second kappa shape index (κ2) is 6.41. The lowest BCUT2D eigenvalue weighted by molar-refractivity contribution is -0.135. The van der Waals surface area contributed by atoms with Crippen molar-refractivity contribution in [3.63, 3.8) is 0 Å². The topological polar surface area (TPSA) is 94.2 Å². The quantitative estimate of drug-likeness (QED) is 0.292. The average molecular weight is 283 g/mol. The third kappa shape index (κ3) is 3.04. The van der Waals surface area contributed by atoms with Crippen molar-refractivity contribution in [2.24, 2.45) is 16.3 Å². The maximum Gasteiger partial charge on any atom is 0.248 e. The number of piperazine rings is 1. The summed E-state index contributed by atoms with van der Waals surface area (Å²) in [6.07, 6.45) is 4.28. The summed E-state index contributed by atoms with van der Waals surface area (Å²) in [5, 5.41) is 14.1. The molecule has 0 unspecified atom stereocenters. The molecule has 1 saturated carbocycles. The predicted molar refractivity (Wildman–Crippen MR) is 76.1 cm³/mol. The van der Waals surface area contributed by atoms with Crippen LogP contribution in [0.5, 0.6) is 0 Å². The molecule has 0 aromatic heterocycles. The second-order valence-corrected chi connectivity index (χ2v) is 5.86. The lowest BCUT2D eigenvalue weighted by Gasteiger charge is -2.38. The number of carbonyl (C=O) groups excluding carboxylic acids is 1. The summed E-state index contributed by atoms with van der Waals surface area (Å²) in [6.45, 7) is 3.46. The number of likely N-dealkylation sites (N-methyl/N-ethyl adjacent to an activating group) is 1. The summed E-state index contributed by atoms with van der Waals surface area (Å²) in [4.78, 5) is 14.9. The molecule has 1 aliphatic heterocycles. The molecule has 7 nitrogen and oxygen atoms in total. The van der Waals surface area contributed by atoms with Gasteiger partial charge in [0.05, 0.1) is 0 Å². The fraction of sp³-hybridized carbons (Fsp3) is 0.846. The molecular formula is C13H25N5O2. The Hall–Kier alpha value is -1.34. The molecule has 20 heavy (non-hydrogen) atoms. The largest absolute Gasteiger partial charge is 0.409 e. The third-order valence-corrected chi connectivity index (χ3v) is 4.50. The number of carbonyl (C=O) groups is 1. The van der Waals surface area contributed by atoms with E-state index in [4.69, 9.17) is 10.9 Å². The number of amides is 1. The summed E-state index contributed by atoms with van der Waals surface area (Å²) in [7, 11) is 2.07. The Morgan fingerprint density at radius 1 is 1.20 bits per heavy atom. The van der Waals surface area contributed by atoms with Crippen LogP contribution in [0, 0.1) is 5.41 Å². The van der Waals surface area contributed by atoms with Crippen molar-refractivity contribution in [2.45, 2.75) is 32.1 Å². The van der Waals surface area contributed by atoms with Crippen LogP contribution in [0.3, 0.4) is 0 Å². The van der Waals surface area contributed by atoms with E-state index in [0.717, 1.165) is 45.4 Å². The van der Waals surface area contributed by atoms with Crippen LogP contribution in [0.1, 0.15) is 32.1 Å². The van der Waals surface area contributed by atoms with Gasteiger partial charge in [0.2, 0.25) is 5.91 Å². The molecular weight excluding hydrogens is 258 g/mol. The van der Waals surface area contributed by atoms with Crippen LogP contribution in [-0.4, -0.2) is 60.1 Å². The standard InChI is InChI=1S/C13H25N5O2/c1-17-7-9-18(10-8-17)15-12(19)13(11(14)16-20)5-3-2-4-6-13/h20H,2-10H2,1H3,(H2,14,16)(H,15,19). The van der Waals surface area contributed by atoms with Gasteiger partial charge in [0.25, 0.3) is 0 Å². The fourth-order valence-electron chi connectivity index (χ4n) is 3.02. The molecule has 1 heterocycles. The maximum absolute atomic E-state index is 12.6. The highest BCUT2D eigenvalue weighted by molar-refractivity contribution is 6.06. The van der Waals surface area contributed by atoms with E-state index in [0.29, 0.717) is 12.8 Å². The highest BCUT2D eigenvalue weighted by Gasteiger charge is 2.44. The van der Waals surface area contributed by atoms with Crippen LogP contribution >= 0.6 is 0 Å². The van der Waals surface area contributed by atoms with Crippen LogP contribution < -0.4 is 11.2 Å². The molecule has 1 aliphatic carbocycles. The summed E-state index contributed by atoms with van der Waals surface area (Å²) in [5.74, 6) is -0.0825. The van der Waals surface area contributed by atoms with Crippen molar-refractivity contribution in [3.05, 3.63) is 0 Å². The molecule has 2 rings (SSSR count). The first-order valence-electron chi connectivity index (χ1n) is 7.31. The third-order valence-electron chi connectivity index (χ3n) is 4.50. The zero-order valence-electron chi connectivity index (χ0n) is 12.1. The van der Waals surface area contributed by atoms with Gasteiger partial charge in [-0.05, 0) is 19.9 Å². The Morgan fingerprint density at radius 2 is 1.80 bits per heavy atom. The van der Waals surface area contributed by atoms with Crippen molar-refractivity contribution in [1.82, 2.24) is 15.3 Å². The first-order chi connectivity index (χ1) is 9.58. The summed E-state index contributed by atoms with van der Waals surface area (Å²) >= 11 is 0. The summed E-state index contributed by atoms with van der Waals surface area (Å²) in [5.41, 5.74) is 7.95. The Kier molecular flexibility index (Phi) is 4.82. The molecule has 0 bridgehead atoms. The van der Waals surface area contributed by atoms with Crippen molar-refractivity contribution in [1.29, 1.82) is 0 Å². The van der Waals surface area contributed by atoms with Gasteiger partial charge in [0.1, 0.15) is 5.41 Å². The molecule has 4 N–H and O–H groups in total. The monoisotopic (exact) mass is 283 g/mol. The highest BCUT2D eigenvalue weighted by atomic mass is 16.4. The van der Waals surface area contributed by atoms with E-state index in [-0.39, 0.29) is 11.7 Å². The van der Waals surface area contributed by atoms with Crippen molar-refractivity contribution < 1.29 is 10.0 Å². The van der Waals surface area contributed by atoms with Gasteiger partial charge in [-0.3, -0.25) is 10.2 Å². The molecule has 1 amide bonds. The lowest BCUT2D eigenvalue weighted by Crippen LogP contribution is -2.59. The first kappa shape index (κ1) is 15.1. The predicted octanol–water partition coefficient (Wildman–Crippen LogP) is -0.0381. The number of nitrogens with one attached hydrogen (secondary N) is 1. The van der Waals surface area contributed by atoms with Gasteiger partial charge in [-0.1, -0.05) is 24.4 Å². The lowest BCUT2D eigenvalue weighted by atomic mass is 9.72. The Balaban J connectivity index is 2.03. The summed E-state index contributed by atoms with van der Waals surface area (Å²) < 4.78 is 0. The molecule has 0 radical (unpaired) electrons. The van der Waals surface area contributed by atoms with E-state index in [1.165, 1.54) is 0 Å². The van der Waals surface area contributed by atoms with Gasteiger partial charge < -0.3 is 15.8 Å². The van der Waals surface area contributed by atoms with Gasteiger partial charge in [-0.2, -0.15) is 0 Å². The number of hydrogen-bond acceptors (Lipinski definition) is 5. The van der Waals surface area contributed by atoms with Gasteiger partial charge in [-0.25, -0.2) is 5.01 Å². The zero-order chi connectivity index (χ0) is 14.6. The van der Waals surface area contributed by atoms with Gasteiger partial charge in [0.15, 0.2) is 5.84 Å². The molecule has 7 heteroatoms. The van der Waals surface area contributed by atoms with E-state index in [1.807, 2.05) is 5.01 Å². The number of nitrogens with two attached hydrogens (primary N) is 1.